The normalized spacial score (nSPS) is 11.9. The molecule has 0 fully saturated rings. The number of fused-ring (bicyclic) bond motifs is 1. The Bertz CT molecular complexity index is 1820. The maximum absolute atomic E-state index is 14.0. The van der Waals surface area contributed by atoms with E-state index in [9.17, 15) is 32.4 Å². The molecule has 4 N–H and O–H groups in total. The van der Waals surface area contributed by atoms with Gasteiger partial charge in [-0.1, -0.05) is 12.1 Å². The molecule has 12 nitrogen and oxygen atoms in total. The fraction of sp³-hybridized carbons (Fsp3) is 0.310. The number of aromatic nitrogens is 3. The van der Waals surface area contributed by atoms with E-state index in [0.717, 1.165) is 0 Å². The number of pyridine rings is 1. The number of hydrogen-bond donors (Lipinski definition) is 4. The van der Waals surface area contributed by atoms with Crippen molar-refractivity contribution in [1.29, 1.82) is 0 Å². The SMILES string of the molecule is CCOP(=O)(Cc1ccc(Nc2ncc(C(F)(F)F)c(Nc3cccc4[nH]c(CC(=O)O)c(C)c(=O)c34)n2)c(OC)c1)OCC. The number of benzene rings is 2. The molecule has 0 radical (unpaired) electrons. The molecular formula is C29H31F3N5O7P. The average molecular weight is 650 g/mol. The van der Waals surface area contributed by atoms with Gasteiger partial charge >= 0.3 is 19.7 Å². The molecule has 4 aromatic rings. The van der Waals surface area contributed by atoms with Crippen molar-refractivity contribution in [2.24, 2.45) is 0 Å². The molecule has 0 saturated heterocycles. The maximum Gasteiger partial charge on any atom is 0.421 e. The number of carboxylic acid groups (broad SMARTS) is 1. The summed E-state index contributed by atoms with van der Waals surface area (Å²) in [5.74, 6) is -1.75. The molecule has 240 valence electrons. The largest absolute Gasteiger partial charge is 0.495 e. The van der Waals surface area contributed by atoms with Gasteiger partial charge in [0.05, 0.1) is 55.2 Å². The first-order chi connectivity index (χ1) is 21.3. The summed E-state index contributed by atoms with van der Waals surface area (Å²) in [5, 5.41) is 14.7. The van der Waals surface area contributed by atoms with Crippen LogP contribution in [0.25, 0.3) is 10.9 Å². The molecule has 16 heteroatoms. The van der Waals surface area contributed by atoms with Crippen LogP contribution in [-0.2, 0) is 37.2 Å². The van der Waals surface area contributed by atoms with Crippen molar-refractivity contribution in [1.82, 2.24) is 15.0 Å². The first-order valence-corrected chi connectivity index (χ1v) is 15.4. The molecule has 0 amide bonds. The molecule has 0 aliphatic heterocycles. The van der Waals surface area contributed by atoms with Crippen LogP contribution in [0.15, 0.2) is 47.4 Å². The number of hydrogen-bond acceptors (Lipinski definition) is 10. The van der Waals surface area contributed by atoms with Crippen LogP contribution in [0.1, 0.15) is 36.2 Å². The molecule has 2 heterocycles. The summed E-state index contributed by atoms with van der Waals surface area (Å²) in [6, 6.07) is 9.20. The fourth-order valence-corrected chi connectivity index (χ4v) is 6.28. The quantitative estimate of drug-likeness (QED) is 0.116. The Hall–Kier alpha value is -4.46. The molecular weight excluding hydrogens is 618 g/mol. The van der Waals surface area contributed by atoms with E-state index in [4.69, 9.17) is 13.8 Å². The van der Waals surface area contributed by atoms with Crippen molar-refractivity contribution in [2.75, 3.05) is 31.0 Å². The van der Waals surface area contributed by atoms with Crippen LogP contribution in [0.2, 0.25) is 0 Å². The molecule has 0 bridgehead atoms. The standard InChI is InChI=1S/C29H31F3N5O7P/c1-5-43-45(41,44-6-2)15-17-10-11-19(23(12-17)42-4)36-28-33-14-18(29(30,31)32)27(37-28)35-21-9-7-8-20-25(21)26(40)16(3)22(34-20)13-24(38)39/h7-12,14H,5-6,13,15H2,1-4H3,(H,34,40)(H,38,39)(H2,33,35,36,37). The van der Waals surface area contributed by atoms with Gasteiger partial charge in [-0.25, -0.2) is 4.98 Å². The zero-order valence-corrected chi connectivity index (χ0v) is 25.6. The number of anilines is 4. The lowest BCUT2D eigenvalue weighted by Crippen LogP contribution is -2.17. The van der Waals surface area contributed by atoms with Gasteiger partial charge in [-0.3, -0.25) is 14.2 Å². The lowest BCUT2D eigenvalue weighted by atomic mass is 10.1. The van der Waals surface area contributed by atoms with Gasteiger partial charge in [0.1, 0.15) is 17.1 Å². The number of methoxy groups -OCH3 is 1. The van der Waals surface area contributed by atoms with Crippen molar-refractivity contribution >= 4 is 47.6 Å². The van der Waals surface area contributed by atoms with Gasteiger partial charge in [0, 0.05) is 17.5 Å². The monoisotopic (exact) mass is 649 g/mol. The van der Waals surface area contributed by atoms with E-state index in [0.29, 0.717) is 17.4 Å². The number of ether oxygens (including phenoxy) is 1. The Kier molecular flexibility index (Phi) is 10.2. The zero-order chi connectivity index (χ0) is 32.9. The number of nitrogens with zero attached hydrogens (tertiary/aromatic N) is 2. The summed E-state index contributed by atoms with van der Waals surface area (Å²) in [5.41, 5.74) is -0.314. The maximum atomic E-state index is 14.0. The summed E-state index contributed by atoms with van der Waals surface area (Å²) >= 11 is 0. The van der Waals surface area contributed by atoms with E-state index >= 15 is 0 Å². The van der Waals surface area contributed by atoms with Gasteiger partial charge in [-0.15, -0.1) is 0 Å². The van der Waals surface area contributed by atoms with Gasteiger partial charge in [-0.05, 0) is 50.6 Å². The van der Waals surface area contributed by atoms with Crippen molar-refractivity contribution in [3.05, 3.63) is 75.2 Å². The summed E-state index contributed by atoms with van der Waals surface area (Å²) in [4.78, 5) is 35.3. The van der Waals surface area contributed by atoms with Crippen molar-refractivity contribution in [3.8, 4) is 5.75 Å². The van der Waals surface area contributed by atoms with Crippen LogP contribution in [0.5, 0.6) is 5.75 Å². The second kappa shape index (κ2) is 13.7. The van der Waals surface area contributed by atoms with Crippen LogP contribution in [0.4, 0.5) is 36.3 Å². The van der Waals surface area contributed by atoms with E-state index in [1.54, 1.807) is 32.0 Å². The number of aliphatic carboxylic acids is 1. The van der Waals surface area contributed by atoms with Crippen molar-refractivity contribution in [3.63, 3.8) is 0 Å². The highest BCUT2D eigenvalue weighted by Gasteiger charge is 2.36. The average Bonchev–Trinajstić information content (AvgIpc) is 2.96. The number of halogens is 3. The van der Waals surface area contributed by atoms with Crippen molar-refractivity contribution < 1.29 is 41.4 Å². The van der Waals surface area contributed by atoms with E-state index in [2.05, 4.69) is 25.6 Å². The third kappa shape index (κ3) is 7.80. The Labute approximate surface area is 255 Å². The smallest absolute Gasteiger partial charge is 0.421 e. The minimum atomic E-state index is -4.85. The third-order valence-electron chi connectivity index (χ3n) is 6.59. The van der Waals surface area contributed by atoms with Gasteiger partial charge in [0.2, 0.25) is 5.95 Å². The number of H-pyrrole nitrogens is 1. The van der Waals surface area contributed by atoms with Gasteiger partial charge in [0.15, 0.2) is 5.43 Å². The molecule has 0 aliphatic carbocycles. The molecule has 0 spiro atoms. The lowest BCUT2D eigenvalue weighted by molar-refractivity contribution is -0.137. The molecule has 0 atom stereocenters. The van der Waals surface area contributed by atoms with Crippen LogP contribution < -0.4 is 20.8 Å². The highest BCUT2D eigenvalue weighted by Crippen LogP contribution is 2.51. The zero-order valence-electron chi connectivity index (χ0n) is 24.7. The number of alkyl halides is 3. The topological polar surface area (TPSA) is 165 Å². The number of carbonyl (C=O) groups is 1. The molecule has 0 unspecified atom stereocenters. The number of rotatable bonds is 13. The fourth-order valence-electron chi connectivity index (χ4n) is 4.59. The molecule has 2 aromatic heterocycles. The van der Waals surface area contributed by atoms with Gasteiger partial charge in [0.25, 0.3) is 0 Å². The summed E-state index contributed by atoms with van der Waals surface area (Å²) in [6.45, 7) is 5.21. The highest BCUT2D eigenvalue weighted by atomic mass is 31.2. The molecule has 4 rings (SSSR count). The second-order valence-electron chi connectivity index (χ2n) is 9.70. The predicted octanol–water partition coefficient (Wildman–Crippen LogP) is 6.53. The van der Waals surface area contributed by atoms with Crippen LogP contribution in [0, 0.1) is 6.92 Å². The Morgan fingerprint density at radius 1 is 1.09 bits per heavy atom. The highest BCUT2D eigenvalue weighted by molar-refractivity contribution is 7.53. The minimum absolute atomic E-state index is 0.0174. The second-order valence-corrected chi connectivity index (χ2v) is 11.8. The summed E-state index contributed by atoms with van der Waals surface area (Å²) in [6.07, 6.45) is -4.71. The van der Waals surface area contributed by atoms with E-state index in [1.165, 1.54) is 32.2 Å². The van der Waals surface area contributed by atoms with Gasteiger partial charge in [-0.2, -0.15) is 18.2 Å². The predicted molar refractivity (Wildman–Crippen MR) is 162 cm³/mol. The number of carboxylic acids is 1. The van der Waals surface area contributed by atoms with E-state index in [-0.39, 0.29) is 58.9 Å². The molecule has 45 heavy (non-hydrogen) atoms. The molecule has 2 aromatic carbocycles. The number of nitrogens with one attached hydrogen (secondary N) is 3. The first-order valence-electron chi connectivity index (χ1n) is 13.7. The van der Waals surface area contributed by atoms with E-state index < -0.39 is 43.0 Å². The molecule has 0 saturated carbocycles. The van der Waals surface area contributed by atoms with E-state index in [1.807, 2.05) is 0 Å². The summed E-state index contributed by atoms with van der Waals surface area (Å²) < 4.78 is 71.2. The summed E-state index contributed by atoms with van der Waals surface area (Å²) in [7, 11) is -2.03. The third-order valence-corrected chi connectivity index (χ3v) is 8.64. The Morgan fingerprint density at radius 2 is 1.80 bits per heavy atom. The van der Waals surface area contributed by atoms with Crippen LogP contribution >= 0.6 is 7.60 Å². The van der Waals surface area contributed by atoms with Crippen LogP contribution in [-0.4, -0.2) is 46.4 Å². The Balaban J connectivity index is 1.71. The first kappa shape index (κ1) is 33.4. The lowest BCUT2D eigenvalue weighted by Gasteiger charge is -2.19. The van der Waals surface area contributed by atoms with Crippen LogP contribution in [0.3, 0.4) is 0 Å². The molecule has 0 aliphatic rings. The number of aromatic amines is 1. The van der Waals surface area contributed by atoms with Gasteiger partial charge < -0.3 is 34.5 Å². The minimum Gasteiger partial charge on any atom is -0.495 e. The Morgan fingerprint density at radius 3 is 2.42 bits per heavy atom. The van der Waals surface area contributed by atoms with Crippen molar-refractivity contribution in [2.45, 2.75) is 39.5 Å².